The van der Waals surface area contributed by atoms with Gasteiger partial charge < -0.3 is 10.3 Å². The largest absolute Gasteiger partial charge is 0.330 e. The molecule has 3 nitrogen and oxygen atoms in total. The zero-order valence-electron chi connectivity index (χ0n) is 12.3. The second-order valence-electron chi connectivity index (χ2n) is 6.66. The van der Waals surface area contributed by atoms with E-state index in [-0.39, 0.29) is 5.82 Å². The average molecular weight is 287 g/mol. The van der Waals surface area contributed by atoms with Gasteiger partial charge in [0.2, 0.25) is 0 Å². The molecule has 0 radical (unpaired) electrons. The number of hydrogen-bond acceptors (Lipinski definition) is 2. The average Bonchev–Trinajstić information content (AvgIpc) is 3.28. The minimum atomic E-state index is -0.164. The third-order valence-corrected chi connectivity index (χ3v) is 5.14. The van der Waals surface area contributed by atoms with E-state index in [9.17, 15) is 4.39 Å². The predicted octanol–water partition coefficient (Wildman–Crippen LogP) is 3.74. The summed E-state index contributed by atoms with van der Waals surface area (Å²) < 4.78 is 15.9. The van der Waals surface area contributed by atoms with E-state index in [1.54, 1.807) is 6.07 Å². The zero-order valence-corrected chi connectivity index (χ0v) is 12.3. The smallest absolute Gasteiger partial charge is 0.125 e. The molecule has 2 aromatic rings. The van der Waals surface area contributed by atoms with E-state index in [2.05, 4.69) is 4.57 Å². The van der Waals surface area contributed by atoms with Crippen LogP contribution in [0.2, 0.25) is 0 Å². The molecule has 0 saturated heterocycles. The summed E-state index contributed by atoms with van der Waals surface area (Å²) in [4.78, 5) is 4.85. The molecule has 21 heavy (non-hydrogen) atoms. The first-order valence-corrected chi connectivity index (χ1v) is 8.13. The Hall–Kier alpha value is -1.42. The van der Waals surface area contributed by atoms with Crippen LogP contribution in [0.5, 0.6) is 0 Å². The highest BCUT2D eigenvalue weighted by atomic mass is 19.1. The van der Waals surface area contributed by atoms with Gasteiger partial charge in [-0.1, -0.05) is 0 Å². The van der Waals surface area contributed by atoms with E-state index >= 15 is 0 Å². The van der Waals surface area contributed by atoms with Gasteiger partial charge in [-0.05, 0) is 69.2 Å². The molecule has 1 aromatic heterocycles. The summed E-state index contributed by atoms with van der Waals surface area (Å²) in [6.45, 7) is 0.803. The molecule has 0 amide bonds. The molecule has 2 saturated carbocycles. The van der Waals surface area contributed by atoms with Gasteiger partial charge in [-0.2, -0.15) is 0 Å². The van der Waals surface area contributed by atoms with E-state index in [1.807, 2.05) is 6.07 Å². The van der Waals surface area contributed by atoms with E-state index in [4.69, 9.17) is 10.7 Å². The lowest BCUT2D eigenvalue weighted by Crippen LogP contribution is -2.22. The fourth-order valence-electron chi connectivity index (χ4n) is 3.75. The lowest BCUT2D eigenvalue weighted by atomic mass is 9.81. The topological polar surface area (TPSA) is 43.8 Å². The van der Waals surface area contributed by atoms with Crippen LogP contribution in [0.15, 0.2) is 18.2 Å². The molecule has 0 bridgehead atoms. The van der Waals surface area contributed by atoms with Crippen LogP contribution in [0.4, 0.5) is 4.39 Å². The van der Waals surface area contributed by atoms with Crippen molar-refractivity contribution in [2.24, 2.45) is 11.7 Å². The lowest BCUT2D eigenvalue weighted by molar-refractivity contribution is 0.321. The maximum Gasteiger partial charge on any atom is 0.125 e. The van der Waals surface area contributed by atoms with Gasteiger partial charge in [0.05, 0.1) is 11.0 Å². The van der Waals surface area contributed by atoms with Gasteiger partial charge in [0.25, 0.3) is 0 Å². The molecule has 4 rings (SSSR count). The second-order valence-corrected chi connectivity index (χ2v) is 6.66. The SMILES string of the molecule is NCC1CCC(c2nc3ccc(F)cc3n2C2CC2)CC1. The Kier molecular flexibility index (Phi) is 3.21. The van der Waals surface area contributed by atoms with Gasteiger partial charge >= 0.3 is 0 Å². The Labute approximate surface area is 124 Å². The van der Waals surface area contributed by atoms with Gasteiger partial charge in [0.1, 0.15) is 11.6 Å². The number of benzene rings is 1. The summed E-state index contributed by atoms with van der Waals surface area (Å²) in [6.07, 6.45) is 7.13. The van der Waals surface area contributed by atoms with Gasteiger partial charge in [-0.25, -0.2) is 9.37 Å². The van der Waals surface area contributed by atoms with Crippen LogP contribution in [0.25, 0.3) is 11.0 Å². The number of halogens is 1. The molecule has 2 aliphatic carbocycles. The summed E-state index contributed by atoms with van der Waals surface area (Å²) >= 11 is 0. The van der Waals surface area contributed by atoms with Gasteiger partial charge in [-0.15, -0.1) is 0 Å². The Morgan fingerprint density at radius 1 is 1.14 bits per heavy atom. The van der Waals surface area contributed by atoms with Crippen molar-refractivity contribution >= 4 is 11.0 Å². The molecule has 0 unspecified atom stereocenters. The number of aromatic nitrogens is 2. The first-order chi connectivity index (χ1) is 10.3. The first kappa shape index (κ1) is 13.3. The van der Waals surface area contributed by atoms with Crippen LogP contribution in [-0.4, -0.2) is 16.1 Å². The number of rotatable bonds is 3. The third-order valence-electron chi connectivity index (χ3n) is 5.14. The van der Waals surface area contributed by atoms with Crippen LogP contribution in [0.3, 0.4) is 0 Å². The van der Waals surface area contributed by atoms with Gasteiger partial charge in [0.15, 0.2) is 0 Å². The van der Waals surface area contributed by atoms with E-state index < -0.39 is 0 Å². The quantitative estimate of drug-likeness (QED) is 0.934. The zero-order chi connectivity index (χ0) is 14.4. The van der Waals surface area contributed by atoms with Crippen molar-refractivity contribution in [2.75, 3.05) is 6.54 Å². The fourth-order valence-corrected chi connectivity index (χ4v) is 3.75. The molecular formula is C17H22FN3. The molecule has 4 heteroatoms. The molecule has 0 atom stereocenters. The summed E-state index contributed by atoms with van der Waals surface area (Å²) in [7, 11) is 0. The van der Waals surface area contributed by atoms with Crippen molar-refractivity contribution in [1.82, 2.24) is 9.55 Å². The van der Waals surface area contributed by atoms with Crippen LogP contribution in [0, 0.1) is 11.7 Å². The lowest BCUT2D eigenvalue weighted by Gasteiger charge is -2.27. The number of imidazole rings is 1. The molecule has 2 aliphatic rings. The van der Waals surface area contributed by atoms with E-state index in [1.165, 1.54) is 50.4 Å². The van der Waals surface area contributed by atoms with E-state index in [0.29, 0.717) is 17.9 Å². The standard InChI is InChI=1S/C17H22FN3/c18-13-5-8-15-16(9-13)21(14-6-7-14)17(20-15)12-3-1-11(10-19)2-4-12/h5,8-9,11-12,14H,1-4,6-7,10,19H2. The normalized spacial score (nSPS) is 26.4. The first-order valence-electron chi connectivity index (χ1n) is 8.13. The third kappa shape index (κ3) is 2.35. The Morgan fingerprint density at radius 3 is 2.57 bits per heavy atom. The maximum atomic E-state index is 13.6. The van der Waals surface area contributed by atoms with Crippen molar-refractivity contribution in [2.45, 2.75) is 50.5 Å². The molecule has 1 heterocycles. The van der Waals surface area contributed by atoms with Crippen LogP contribution < -0.4 is 5.73 Å². The highest BCUT2D eigenvalue weighted by molar-refractivity contribution is 5.76. The number of nitrogens with zero attached hydrogens (tertiary/aromatic N) is 2. The Bertz CT molecular complexity index is 651. The summed E-state index contributed by atoms with van der Waals surface area (Å²) in [6, 6.07) is 5.52. The molecule has 112 valence electrons. The molecule has 2 N–H and O–H groups in total. The van der Waals surface area contributed by atoms with E-state index in [0.717, 1.165) is 17.6 Å². The molecule has 0 spiro atoms. The highest BCUT2D eigenvalue weighted by Crippen LogP contribution is 2.43. The van der Waals surface area contributed by atoms with Crippen molar-refractivity contribution in [3.05, 3.63) is 29.8 Å². The predicted molar refractivity (Wildman–Crippen MR) is 81.7 cm³/mol. The minimum absolute atomic E-state index is 0.164. The number of nitrogens with two attached hydrogens (primary N) is 1. The van der Waals surface area contributed by atoms with Crippen molar-refractivity contribution in [3.63, 3.8) is 0 Å². The van der Waals surface area contributed by atoms with Crippen molar-refractivity contribution < 1.29 is 4.39 Å². The van der Waals surface area contributed by atoms with Crippen molar-refractivity contribution in [3.8, 4) is 0 Å². The molecule has 0 aliphatic heterocycles. The summed E-state index contributed by atoms with van der Waals surface area (Å²) in [5.41, 5.74) is 7.71. The van der Waals surface area contributed by atoms with Crippen LogP contribution in [0.1, 0.15) is 56.3 Å². The second kappa shape index (κ2) is 5.09. The van der Waals surface area contributed by atoms with Crippen molar-refractivity contribution in [1.29, 1.82) is 0 Å². The molecule has 2 fully saturated rings. The maximum absolute atomic E-state index is 13.6. The number of hydrogen-bond donors (Lipinski definition) is 1. The Balaban J connectivity index is 1.73. The monoisotopic (exact) mass is 287 g/mol. The molecular weight excluding hydrogens is 265 g/mol. The summed E-state index contributed by atoms with van der Waals surface area (Å²) in [5, 5.41) is 0. The fraction of sp³-hybridized carbons (Fsp3) is 0.588. The van der Waals surface area contributed by atoms with Gasteiger partial charge in [0, 0.05) is 12.0 Å². The highest BCUT2D eigenvalue weighted by Gasteiger charge is 2.32. The van der Waals surface area contributed by atoms with Gasteiger partial charge in [-0.3, -0.25) is 0 Å². The Morgan fingerprint density at radius 2 is 1.90 bits per heavy atom. The minimum Gasteiger partial charge on any atom is -0.330 e. The van der Waals surface area contributed by atoms with Crippen LogP contribution in [-0.2, 0) is 0 Å². The summed E-state index contributed by atoms with van der Waals surface area (Å²) in [5.74, 6) is 2.22. The molecule has 1 aromatic carbocycles. The number of fused-ring (bicyclic) bond motifs is 1. The van der Waals surface area contributed by atoms with Crippen LogP contribution >= 0.6 is 0 Å².